The third-order valence-corrected chi connectivity index (χ3v) is 6.04. The van der Waals surface area contributed by atoms with Gasteiger partial charge in [-0.25, -0.2) is 0 Å². The van der Waals surface area contributed by atoms with Gasteiger partial charge in [0.15, 0.2) is 0 Å². The van der Waals surface area contributed by atoms with Gasteiger partial charge in [-0.15, -0.1) is 0 Å². The molecule has 1 saturated heterocycles. The van der Waals surface area contributed by atoms with Gasteiger partial charge >= 0.3 is 0 Å². The van der Waals surface area contributed by atoms with Crippen molar-refractivity contribution in [1.29, 1.82) is 0 Å². The molecule has 0 aromatic carbocycles. The number of nitrogens with zero attached hydrogens (tertiary/aromatic N) is 1. The molecule has 0 aromatic heterocycles. The van der Waals surface area contributed by atoms with Gasteiger partial charge in [0.1, 0.15) is 0 Å². The topological polar surface area (TPSA) is 58.4 Å². The Morgan fingerprint density at radius 3 is 2.81 bits per heavy atom. The van der Waals surface area contributed by atoms with Crippen LogP contribution in [0.5, 0.6) is 0 Å². The Morgan fingerprint density at radius 1 is 1.38 bits per heavy atom. The molecule has 1 aliphatic carbocycles. The standard InChI is InChI=1S/C17H33N3O/c1-4-17(2,3)14-7-6-13(11-18)15(10-14)20-9-5-8-19-16(21)12-20/h13-15H,4-12,18H2,1-3H3,(H,19,21). The van der Waals surface area contributed by atoms with Crippen molar-refractivity contribution in [2.45, 2.75) is 58.9 Å². The van der Waals surface area contributed by atoms with Crippen molar-refractivity contribution in [3.05, 3.63) is 0 Å². The summed E-state index contributed by atoms with van der Waals surface area (Å²) in [5.74, 6) is 1.49. The van der Waals surface area contributed by atoms with E-state index in [9.17, 15) is 4.79 Å². The second kappa shape index (κ2) is 7.10. The molecule has 122 valence electrons. The van der Waals surface area contributed by atoms with E-state index in [0.29, 0.717) is 23.9 Å². The number of nitrogens with one attached hydrogen (secondary N) is 1. The molecule has 21 heavy (non-hydrogen) atoms. The van der Waals surface area contributed by atoms with E-state index in [1.165, 1.54) is 25.7 Å². The number of nitrogens with two attached hydrogens (primary N) is 1. The van der Waals surface area contributed by atoms with Gasteiger partial charge in [-0.3, -0.25) is 9.69 Å². The zero-order valence-electron chi connectivity index (χ0n) is 14.0. The molecular formula is C17H33N3O. The van der Waals surface area contributed by atoms with E-state index in [-0.39, 0.29) is 5.91 Å². The van der Waals surface area contributed by atoms with Gasteiger partial charge < -0.3 is 11.1 Å². The van der Waals surface area contributed by atoms with Gasteiger partial charge in [0.2, 0.25) is 5.91 Å². The molecule has 2 fully saturated rings. The van der Waals surface area contributed by atoms with Crippen molar-refractivity contribution >= 4 is 5.91 Å². The molecule has 1 heterocycles. The minimum Gasteiger partial charge on any atom is -0.355 e. The summed E-state index contributed by atoms with van der Waals surface area (Å²) in [6.07, 6.45) is 5.99. The number of rotatable bonds is 4. The molecular weight excluding hydrogens is 262 g/mol. The van der Waals surface area contributed by atoms with Crippen molar-refractivity contribution in [1.82, 2.24) is 10.2 Å². The summed E-state index contributed by atoms with van der Waals surface area (Å²) in [5.41, 5.74) is 6.43. The minimum atomic E-state index is 0.181. The Kier molecular flexibility index (Phi) is 5.67. The minimum absolute atomic E-state index is 0.181. The van der Waals surface area contributed by atoms with E-state index in [0.717, 1.165) is 32.0 Å². The second-order valence-corrected chi connectivity index (χ2v) is 7.59. The summed E-state index contributed by atoms with van der Waals surface area (Å²) < 4.78 is 0. The van der Waals surface area contributed by atoms with Crippen molar-refractivity contribution < 1.29 is 4.79 Å². The highest BCUT2D eigenvalue weighted by molar-refractivity contribution is 5.78. The Balaban J connectivity index is 2.10. The maximum absolute atomic E-state index is 11.9. The molecule has 3 unspecified atom stereocenters. The van der Waals surface area contributed by atoms with Crippen molar-refractivity contribution in [2.75, 3.05) is 26.2 Å². The fourth-order valence-corrected chi connectivity index (χ4v) is 4.04. The fourth-order valence-electron chi connectivity index (χ4n) is 4.04. The van der Waals surface area contributed by atoms with Crippen LogP contribution >= 0.6 is 0 Å². The van der Waals surface area contributed by atoms with Crippen LogP contribution in [0.4, 0.5) is 0 Å². The summed E-state index contributed by atoms with van der Waals surface area (Å²) in [6, 6.07) is 0.489. The maximum atomic E-state index is 11.9. The Hall–Kier alpha value is -0.610. The third kappa shape index (κ3) is 3.98. The largest absolute Gasteiger partial charge is 0.355 e. The zero-order chi connectivity index (χ0) is 15.5. The van der Waals surface area contributed by atoms with Crippen LogP contribution in [-0.4, -0.2) is 43.0 Å². The molecule has 3 atom stereocenters. The van der Waals surface area contributed by atoms with Crippen molar-refractivity contribution in [3.8, 4) is 0 Å². The van der Waals surface area contributed by atoms with Crippen LogP contribution in [0.1, 0.15) is 52.9 Å². The molecule has 0 radical (unpaired) electrons. The average Bonchev–Trinajstić information content (AvgIpc) is 2.71. The van der Waals surface area contributed by atoms with E-state index >= 15 is 0 Å². The summed E-state index contributed by atoms with van der Waals surface area (Å²) in [6.45, 7) is 10.2. The highest BCUT2D eigenvalue weighted by atomic mass is 16.2. The average molecular weight is 295 g/mol. The van der Waals surface area contributed by atoms with Crippen molar-refractivity contribution in [3.63, 3.8) is 0 Å². The van der Waals surface area contributed by atoms with Crippen LogP contribution in [0.15, 0.2) is 0 Å². The molecule has 4 nitrogen and oxygen atoms in total. The van der Waals surface area contributed by atoms with Gasteiger partial charge in [0, 0.05) is 19.1 Å². The lowest BCUT2D eigenvalue weighted by molar-refractivity contribution is -0.122. The van der Waals surface area contributed by atoms with Gasteiger partial charge in [-0.05, 0) is 49.5 Å². The second-order valence-electron chi connectivity index (χ2n) is 7.59. The van der Waals surface area contributed by atoms with Gasteiger partial charge in [-0.2, -0.15) is 0 Å². The van der Waals surface area contributed by atoms with Crippen LogP contribution in [0, 0.1) is 17.3 Å². The van der Waals surface area contributed by atoms with Gasteiger partial charge in [-0.1, -0.05) is 27.2 Å². The van der Waals surface area contributed by atoms with Crippen molar-refractivity contribution in [2.24, 2.45) is 23.0 Å². The van der Waals surface area contributed by atoms with Crippen LogP contribution in [-0.2, 0) is 4.79 Å². The van der Waals surface area contributed by atoms with Crippen LogP contribution in [0.25, 0.3) is 0 Å². The molecule has 2 aliphatic rings. The van der Waals surface area contributed by atoms with E-state index < -0.39 is 0 Å². The third-order valence-electron chi connectivity index (χ3n) is 6.04. The SMILES string of the molecule is CCC(C)(C)C1CCC(CN)C(N2CCCNC(=O)C2)C1. The lowest BCUT2D eigenvalue weighted by atomic mass is 9.65. The zero-order valence-corrected chi connectivity index (χ0v) is 14.0. The number of hydrogen-bond acceptors (Lipinski definition) is 3. The molecule has 3 N–H and O–H groups in total. The molecule has 1 amide bonds. The van der Waals surface area contributed by atoms with E-state index in [2.05, 4.69) is 31.0 Å². The van der Waals surface area contributed by atoms with Crippen LogP contribution in [0.2, 0.25) is 0 Å². The normalized spacial score (nSPS) is 32.6. The monoisotopic (exact) mass is 295 g/mol. The first-order chi connectivity index (χ1) is 9.97. The molecule has 0 bridgehead atoms. The van der Waals surface area contributed by atoms with E-state index in [1.54, 1.807) is 0 Å². The Morgan fingerprint density at radius 2 is 2.14 bits per heavy atom. The lowest BCUT2D eigenvalue weighted by Crippen LogP contribution is -2.50. The van der Waals surface area contributed by atoms with E-state index in [4.69, 9.17) is 5.73 Å². The summed E-state index contributed by atoms with van der Waals surface area (Å²) >= 11 is 0. The molecule has 4 heteroatoms. The van der Waals surface area contributed by atoms with Gasteiger partial charge in [0.05, 0.1) is 6.54 Å². The summed E-state index contributed by atoms with van der Waals surface area (Å²) in [5, 5.41) is 2.99. The highest BCUT2D eigenvalue weighted by Gasteiger charge is 2.39. The van der Waals surface area contributed by atoms with Crippen LogP contribution < -0.4 is 11.1 Å². The summed E-state index contributed by atoms with van der Waals surface area (Å²) in [4.78, 5) is 14.3. The smallest absolute Gasteiger partial charge is 0.234 e. The number of carbonyl (C=O) groups is 1. The number of carbonyl (C=O) groups excluding carboxylic acids is 1. The molecule has 1 aliphatic heterocycles. The molecule has 0 aromatic rings. The molecule has 2 rings (SSSR count). The fraction of sp³-hybridized carbons (Fsp3) is 0.941. The first-order valence-electron chi connectivity index (χ1n) is 8.68. The lowest BCUT2D eigenvalue weighted by Gasteiger charge is -2.46. The Bertz CT molecular complexity index is 356. The number of amides is 1. The Labute approximate surface area is 129 Å². The quantitative estimate of drug-likeness (QED) is 0.834. The van der Waals surface area contributed by atoms with Gasteiger partial charge in [0.25, 0.3) is 0 Å². The van der Waals surface area contributed by atoms with Crippen LogP contribution in [0.3, 0.4) is 0 Å². The van der Waals surface area contributed by atoms with E-state index in [1.807, 2.05) is 0 Å². The first-order valence-corrected chi connectivity index (χ1v) is 8.68. The summed E-state index contributed by atoms with van der Waals surface area (Å²) in [7, 11) is 0. The predicted octanol–water partition coefficient (Wildman–Crippen LogP) is 1.99. The molecule has 0 spiro atoms. The molecule has 1 saturated carbocycles. The highest BCUT2D eigenvalue weighted by Crippen LogP contribution is 2.43. The number of hydrogen-bond donors (Lipinski definition) is 2. The first kappa shape index (κ1) is 16.8. The maximum Gasteiger partial charge on any atom is 0.234 e. The predicted molar refractivity (Wildman–Crippen MR) is 86.9 cm³/mol.